The minimum Gasteiger partial charge on any atom is -0.463 e. The molecule has 0 aliphatic heterocycles. The Morgan fingerprint density at radius 3 is 2.85 bits per heavy atom. The summed E-state index contributed by atoms with van der Waals surface area (Å²) in [7, 11) is 0. The molecule has 0 radical (unpaired) electrons. The van der Waals surface area contributed by atoms with Gasteiger partial charge in [0, 0.05) is 12.1 Å². The molecule has 0 atom stereocenters. The smallest absolute Gasteiger partial charge is 0.252 e. The van der Waals surface area contributed by atoms with Crippen LogP contribution in [0.2, 0.25) is 0 Å². The van der Waals surface area contributed by atoms with Crippen LogP contribution in [0.3, 0.4) is 0 Å². The maximum Gasteiger partial charge on any atom is 0.252 e. The molecule has 8 nitrogen and oxygen atoms in total. The number of H-pyrrole nitrogens is 1. The van der Waals surface area contributed by atoms with E-state index in [0.717, 1.165) is 0 Å². The minimum atomic E-state index is -0.318. The Morgan fingerprint density at radius 1 is 1.38 bits per heavy atom. The first-order valence-electron chi connectivity index (χ1n) is 8.17. The van der Waals surface area contributed by atoms with Crippen LogP contribution in [0.5, 0.6) is 0 Å². The molecule has 0 fully saturated rings. The van der Waals surface area contributed by atoms with Crippen LogP contribution in [-0.4, -0.2) is 25.7 Å². The molecule has 3 heterocycles. The zero-order chi connectivity index (χ0) is 18.7. The summed E-state index contributed by atoms with van der Waals surface area (Å²) in [6.07, 6.45) is 4.56. The van der Waals surface area contributed by atoms with Crippen molar-refractivity contribution in [3.63, 3.8) is 0 Å². The van der Waals surface area contributed by atoms with Crippen molar-refractivity contribution in [1.82, 2.24) is 19.7 Å². The van der Waals surface area contributed by atoms with Crippen molar-refractivity contribution in [1.29, 1.82) is 0 Å². The molecule has 8 heteroatoms. The molecule has 0 aliphatic rings. The summed E-state index contributed by atoms with van der Waals surface area (Å²) in [5.41, 5.74) is 0.840. The molecule has 0 aliphatic carbocycles. The van der Waals surface area contributed by atoms with Crippen LogP contribution in [0.1, 0.15) is 32.4 Å². The van der Waals surface area contributed by atoms with Crippen LogP contribution in [0.15, 0.2) is 51.9 Å². The van der Waals surface area contributed by atoms with Crippen molar-refractivity contribution in [2.24, 2.45) is 0 Å². The Morgan fingerprint density at radius 2 is 2.19 bits per heavy atom. The number of amides is 1. The minimum absolute atomic E-state index is 0.0669. The number of rotatable bonds is 5. The maximum absolute atomic E-state index is 12.0. The highest BCUT2D eigenvalue weighted by molar-refractivity contribution is 5.99. The van der Waals surface area contributed by atoms with Gasteiger partial charge < -0.3 is 9.73 Å². The third-order valence-electron chi connectivity index (χ3n) is 3.59. The molecule has 0 spiro atoms. The van der Waals surface area contributed by atoms with Crippen LogP contribution in [-0.2, 0) is 4.79 Å². The fourth-order valence-corrected chi connectivity index (χ4v) is 2.35. The zero-order valence-electron chi connectivity index (χ0n) is 14.7. The summed E-state index contributed by atoms with van der Waals surface area (Å²) in [4.78, 5) is 31.1. The fourth-order valence-electron chi connectivity index (χ4n) is 2.35. The van der Waals surface area contributed by atoms with Gasteiger partial charge in [-0.2, -0.15) is 9.78 Å². The van der Waals surface area contributed by atoms with Crippen molar-refractivity contribution in [2.45, 2.75) is 26.7 Å². The lowest BCUT2D eigenvalue weighted by atomic mass is 10.1. The Balaban J connectivity index is 2.12. The SMILES string of the molecule is C/C=C\C(=O)Nc1cc(-c2ccco2)nn1-c1nc(C(C)C)cc(=O)[nH]1. The first kappa shape index (κ1) is 17.4. The van der Waals surface area contributed by atoms with E-state index in [0.29, 0.717) is 23.0 Å². The second-order valence-electron chi connectivity index (χ2n) is 5.94. The van der Waals surface area contributed by atoms with Gasteiger partial charge in [-0.15, -0.1) is 0 Å². The van der Waals surface area contributed by atoms with Crippen LogP contribution in [0.4, 0.5) is 5.82 Å². The van der Waals surface area contributed by atoms with Gasteiger partial charge in [0.05, 0.1) is 12.0 Å². The van der Waals surface area contributed by atoms with Gasteiger partial charge in [-0.25, -0.2) is 4.98 Å². The first-order chi connectivity index (χ1) is 12.5. The topological polar surface area (TPSA) is 106 Å². The number of aromatic nitrogens is 4. The summed E-state index contributed by atoms with van der Waals surface area (Å²) in [5.74, 6) is 0.866. The lowest BCUT2D eigenvalue weighted by Crippen LogP contribution is -2.18. The van der Waals surface area contributed by atoms with E-state index in [2.05, 4.69) is 20.4 Å². The summed E-state index contributed by atoms with van der Waals surface area (Å²) < 4.78 is 6.75. The number of carbonyl (C=O) groups is 1. The second-order valence-corrected chi connectivity index (χ2v) is 5.94. The third kappa shape index (κ3) is 3.64. The predicted octanol–water partition coefficient (Wildman–Crippen LogP) is 2.85. The van der Waals surface area contributed by atoms with E-state index in [1.165, 1.54) is 23.1 Å². The number of nitrogens with one attached hydrogen (secondary N) is 2. The number of furan rings is 1. The molecule has 3 rings (SSSR count). The molecule has 0 saturated heterocycles. The van der Waals surface area contributed by atoms with Crippen molar-refractivity contribution >= 4 is 11.7 Å². The monoisotopic (exact) mass is 353 g/mol. The van der Waals surface area contributed by atoms with Gasteiger partial charge in [0.25, 0.3) is 5.56 Å². The lowest BCUT2D eigenvalue weighted by molar-refractivity contribution is -0.111. The van der Waals surface area contributed by atoms with E-state index < -0.39 is 0 Å². The molecule has 3 aromatic heterocycles. The summed E-state index contributed by atoms with van der Waals surface area (Å²) in [5, 5.41) is 7.16. The van der Waals surface area contributed by atoms with Crippen LogP contribution in [0.25, 0.3) is 17.4 Å². The Kier molecular flexibility index (Phi) is 4.83. The Labute approximate surface area is 149 Å². The van der Waals surface area contributed by atoms with Gasteiger partial charge >= 0.3 is 0 Å². The van der Waals surface area contributed by atoms with E-state index in [1.807, 2.05) is 13.8 Å². The highest BCUT2D eigenvalue weighted by atomic mass is 16.3. The lowest BCUT2D eigenvalue weighted by Gasteiger charge is -2.09. The van der Waals surface area contributed by atoms with Gasteiger partial charge in [0.15, 0.2) is 5.76 Å². The fraction of sp³-hybridized carbons (Fsp3) is 0.222. The molecular formula is C18H19N5O3. The Hall–Kier alpha value is -3.42. The number of hydrogen-bond acceptors (Lipinski definition) is 5. The summed E-state index contributed by atoms with van der Waals surface area (Å²) >= 11 is 0. The maximum atomic E-state index is 12.0. The molecular weight excluding hydrogens is 334 g/mol. The largest absolute Gasteiger partial charge is 0.463 e. The van der Waals surface area contributed by atoms with E-state index in [-0.39, 0.29) is 23.3 Å². The molecule has 0 unspecified atom stereocenters. The highest BCUT2D eigenvalue weighted by Crippen LogP contribution is 2.24. The number of anilines is 1. The van der Waals surface area contributed by atoms with Gasteiger partial charge in [-0.05, 0) is 31.1 Å². The molecule has 0 aromatic carbocycles. The van der Waals surface area contributed by atoms with E-state index in [4.69, 9.17) is 4.42 Å². The molecule has 0 bridgehead atoms. The van der Waals surface area contributed by atoms with Gasteiger partial charge in [-0.3, -0.25) is 14.6 Å². The number of nitrogens with zero attached hydrogens (tertiary/aromatic N) is 3. The van der Waals surface area contributed by atoms with E-state index in [9.17, 15) is 9.59 Å². The Bertz CT molecular complexity index is 996. The van der Waals surface area contributed by atoms with Gasteiger partial charge in [0.1, 0.15) is 11.5 Å². The molecule has 2 N–H and O–H groups in total. The molecule has 1 amide bonds. The zero-order valence-corrected chi connectivity index (χ0v) is 14.7. The predicted molar refractivity (Wildman–Crippen MR) is 97.2 cm³/mol. The average Bonchev–Trinajstić information content (AvgIpc) is 3.23. The van der Waals surface area contributed by atoms with E-state index >= 15 is 0 Å². The number of hydrogen-bond donors (Lipinski definition) is 2. The standard InChI is InChI=1S/C18H19N5O3/c1-4-6-16(24)20-15-9-13(14-7-5-8-26-14)22-23(15)18-19-12(11(2)3)10-17(25)21-18/h4-11H,1-3H3,(H,20,24)(H,19,21,25)/b6-4-. The van der Waals surface area contributed by atoms with E-state index in [1.54, 1.807) is 31.2 Å². The van der Waals surface area contributed by atoms with Gasteiger partial charge in [0.2, 0.25) is 11.9 Å². The third-order valence-corrected chi connectivity index (χ3v) is 3.59. The van der Waals surface area contributed by atoms with Crippen molar-refractivity contribution in [3.8, 4) is 17.4 Å². The van der Waals surface area contributed by atoms with Crippen molar-refractivity contribution in [3.05, 3.63) is 58.7 Å². The van der Waals surface area contributed by atoms with Crippen molar-refractivity contribution < 1.29 is 9.21 Å². The molecule has 0 saturated carbocycles. The van der Waals surface area contributed by atoms with Crippen LogP contribution >= 0.6 is 0 Å². The second kappa shape index (κ2) is 7.22. The first-order valence-corrected chi connectivity index (χ1v) is 8.17. The summed E-state index contributed by atoms with van der Waals surface area (Å²) in [6, 6.07) is 6.60. The van der Waals surface area contributed by atoms with Crippen molar-refractivity contribution in [2.75, 3.05) is 5.32 Å². The molecule has 26 heavy (non-hydrogen) atoms. The summed E-state index contributed by atoms with van der Waals surface area (Å²) in [6.45, 7) is 5.63. The average molecular weight is 353 g/mol. The number of aromatic amines is 1. The quantitative estimate of drug-likeness (QED) is 0.686. The normalized spacial score (nSPS) is 11.4. The highest BCUT2D eigenvalue weighted by Gasteiger charge is 2.17. The molecule has 134 valence electrons. The van der Waals surface area contributed by atoms with Crippen LogP contribution in [0, 0.1) is 0 Å². The number of allylic oxidation sites excluding steroid dienone is 1. The number of carbonyl (C=O) groups excluding carboxylic acids is 1. The molecule has 3 aromatic rings. The van der Waals surface area contributed by atoms with Gasteiger partial charge in [-0.1, -0.05) is 19.9 Å². The van der Waals surface area contributed by atoms with Crippen LogP contribution < -0.4 is 10.9 Å².